The summed E-state index contributed by atoms with van der Waals surface area (Å²) in [6.07, 6.45) is 0.262. The standard InChI is InChI=1S/C18H18ClNO7S/c1-4-11-12(19)6-7-13-16(11)18(22,23)17(21)20(13)28(24,25)15-8-5-10(26-2)9-14(15)27-3/h5-9,22-23H,4H2,1-3H3. The van der Waals surface area contributed by atoms with E-state index in [2.05, 4.69) is 0 Å². The van der Waals surface area contributed by atoms with Gasteiger partial charge in [-0.05, 0) is 36.2 Å². The van der Waals surface area contributed by atoms with Gasteiger partial charge in [0.2, 0.25) is 0 Å². The second-order valence-corrected chi connectivity index (χ2v) is 8.20. The van der Waals surface area contributed by atoms with Crippen molar-refractivity contribution in [2.75, 3.05) is 18.5 Å². The van der Waals surface area contributed by atoms with Gasteiger partial charge in [-0.2, -0.15) is 4.31 Å². The maximum absolute atomic E-state index is 13.3. The highest BCUT2D eigenvalue weighted by atomic mass is 35.5. The topological polar surface area (TPSA) is 113 Å². The van der Waals surface area contributed by atoms with Crippen LogP contribution in [-0.4, -0.2) is 38.8 Å². The number of benzene rings is 2. The minimum absolute atomic E-state index is 0.0632. The molecule has 0 spiro atoms. The van der Waals surface area contributed by atoms with Crippen LogP contribution in [0.1, 0.15) is 18.1 Å². The summed E-state index contributed by atoms with van der Waals surface area (Å²) in [5.41, 5.74) is -0.144. The third kappa shape index (κ3) is 2.82. The van der Waals surface area contributed by atoms with Crippen LogP contribution in [-0.2, 0) is 27.0 Å². The number of carbonyl (C=O) groups excluding carboxylic acids is 1. The van der Waals surface area contributed by atoms with E-state index in [1.54, 1.807) is 6.92 Å². The van der Waals surface area contributed by atoms with E-state index in [4.69, 9.17) is 21.1 Å². The molecule has 2 N–H and O–H groups in total. The summed E-state index contributed by atoms with van der Waals surface area (Å²) in [6, 6.07) is 6.61. The van der Waals surface area contributed by atoms with Crippen molar-refractivity contribution in [1.29, 1.82) is 0 Å². The number of hydrogen-bond donors (Lipinski definition) is 2. The number of halogens is 1. The Hall–Kier alpha value is -2.33. The van der Waals surface area contributed by atoms with E-state index >= 15 is 0 Å². The maximum Gasteiger partial charge on any atom is 0.306 e. The molecule has 1 aliphatic rings. The second kappa shape index (κ2) is 6.93. The molecule has 28 heavy (non-hydrogen) atoms. The summed E-state index contributed by atoms with van der Waals surface area (Å²) in [4.78, 5) is 12.4. The Kier molecular flexibility index (Phi) is 5.05. The van der Waals surface area contributed by atoms with Gasteiger partial charge in [-0.1, -0.05) is 18.5 Å². The summed E-state index contributed by atoms with van der Waals surface area (Å²) in [5.74, 6) is -4.16. The highest BCUT2D eigenvalue weighted by molar-refractivity contribution is 7.93. The minimum atomic E-state index is -4.54. The van der Waals surface area contributed by atoms with Crippen molar-refractivity contribution in [3.05, 3.63) is 46.5 Å². The van der Waals surface area contributed by atoms with E-state index in [9.17, 15) is 23.4 Å². The average Bonchev–Trinajstić information content (AvgIpc) is 2.88. The zero-order chi connectivity index (χ0) is 20.9. The zero-order valence-electron chi connectivity index (χ0n) is 15.3. The first-order valence-electron chi connectivity index (χ1n) is 8.19. The summed E-state index contributed by atoms with van der Waals surface area (Å²) < 4.78 is 37.1. The molecule has 1 amide bonds. The van der Waals surface area contributed by atoms with Gasteiger partial charge in [0.05, 0.1) is 25.5 Å². The lowest BCUT2D eigenvalue weighted by atomic mass is 9.98. The molecule has 0 aromatic heterocycles. The predicted octanol–water partition coefficient (Wildman–Crippen LogP) is 1.79. The molecule has 0 saturated heterocycles. The largest absolute Gasteiger partial charge is 0.497 e. The van der Waals surface area contributed by atoms with Crippen LogP contribution in [0.25, 0.3) is 0 Å². The van der Waals surface area contributed by atoms with Crippen LogP contribution in [0.3, 0.4) is 0 Å². The van der Waals surface area contributed by atoms with Crippen LogP contribution in [0.4, 0.5) is 5.69 Å². The van der Waals surface area contributed by atoms with Crippen molar-refractivity contribution in [3.8, 4) is 11.5 Å². The third-order valence-corrected chi connectivity index (χ3v) is 6.62. The Morgan fingerprint density at radius 3 is 2.39 bits per heavy atom. The van der Waals surface area contributed by atoms with Crippen LogP contribution in [0.5, 0.6) is 11.5 Å². The van der Waals surface area contributed by atoms with Gasteiger partial charge in [-0.3, -0.25) is 4.79 Å². The summed E-state index contributed by atoms with van der Waals surface area (Å²) in [7, 11) is -1.86. The first-order chi connectivity index (χ1) is 13.1. The first kappa shape index (κ1) is 20.4. The molecule has 1 aliphatic heterocycles. The fourth-order valence-electron chi connectivity index (χ4n) is 3.20. The molecule has 3 rings (SSSR count). The Bertz CT molecular complexity index is 1070. The molecule has 0 atom stereocenters. The number of hydrogen-bond acceptors (Lipinski definition) is 7. The van der Waals surface area contributed by atoms with Crippen molar-refractivity contribution in [2.45, 2.75) is 24.0 Å². The molecule has 0 bridgehead atoms. The van der Waals surface area contributed by atoms with Gasteiger partial charge < -0.3 is 19.7 Å². The van der Waals surface area contributed by atoms with Crippen LogP contribution in [0.15, 0.2) is 35.2 Å². The van der Waals surface area contributed by atoms with Crippen molar-refractivity contribution >= 4 is 33.2 Å². The lowest BCUT2D eigenvalue weighted by Gasteiger charge is -2.20. The van der Waals surface area contributed by atoms with Crippen LogP contribution in [0, 0.1) is 0 Å². The number of methoxy groups -OCH3 is 2. The number of carbonyl (C=O) groups is 1. The van der Waals surface area contributed by atoms with Crippen LogP contribution < -0.4 is 13.8 Å². The number of anilines is 1. The van der Waals surface area contributed by atoms with Crippen molar-refractivity contribution in [3.63, 3.8) is 0 Å². The zero-order valence-corrected chi connectivity index (χ0v) is 16.8. The normalized spacial score (nSPS) is 15.5. The Morgan fingerprint density at radius 2 is 1.82 bits per heavy atom. The van der Waals surface area contributed by atoms with Crippen LogP contribution >= 0.6 is 11.6 Å². The van der Waals surface area contributed by atoms with Gasteiger partial charge in [0.25, 0.3) is 15.8 Å². The highest BCUT2D eigenvalue weighted by Gasteiger charge is 2.55. The molecule has 0 saturated carbocycles. The summed E-state index contributed by atoms with van der Waals surface area (Å²) in [5, 5.41) is 21.1. The van der Waals surface area contributed by atoms with Gasteiger partial charge in [0, 0.05) is 11.1 Å². The molecular formula is C18H18ClNO7S. The third-order valence-electron chi connectivity index (χ3n) is 4.53. The molecule has 0 unspecified atom stereocenters. The van der Waals surface area contributed by atoms with Crippen molar-refractivity contribution in [1.82, 2.24) is 0 Å². The highest BCUT2D eigenvalue weighted by Crippen LogP contribution is 2.46. The molecule has 0 radical (unpaired) electrons. The van der Waals surface area contributed by atoms with E-state index in [1.165, 1.54) is 44.6 Å². The molecule has 150 valence electrons. The Labute approximate surface area is 166 Å². The molecule has 0 fully saturated rings. The van der Waals surface area contributed by atoms with Crippen LogP contribution in [0.2, 0.25) is 5.02 Å². The smallest absolute Gasteiger partial charge is 0.306 e. The predicted molar refractivity (Wildman–Crippen MR) is 101 cm³/mol. The fourth-order valence-corrected chi connectivity index (χ4v) is 5.08. The second-order valence-electron chi connectivity index (χ2n) is 6.04. The van der Waals surface area contributed by atoms with E-state index in [0.29, 0.717) is 10.1 Å². The van der Waals surface area contributed by atoms with E-state index in [0.717, 1.165) is 0 Å². The minimum Gasteiger partial charge on any atom is -0.497 e. The molecule has 2 aromatic carbocycles. The molecule has 1 heterocycles. The Balaban J connectivity index is 2.27. The van der Waals surface area contributed by atoms with Crippen molar-refractivity contribution in [2.24, 2.45) is 0 Å². The molecule has 10 heteroatoms. The Morgan fingerprint density at radius 1 is 1.14 bits per heavy atom. The SMILES string of the molecule is CCc1c(Cl)ccc2c1C(O)(O)C(=O)N2S(=O)(=O)c1ccc(OC)cc1OC. The van der Waals surface area contributed by atoms with E-state index < -0.39 is 21.7 Å². The summed E-state index contributed by atoms with van der Waals surface area (Å²) >= 11 is 6.11. The van der Waals surface area contributed by atoms with Gasteiger partial charge >= 0.3 is 5.91 Å². The van der Waals surface area contributed by atoms with E-state index in [1.807, 2.05) is 0 Å². The lowest BCUT2D eigenvalue weighted by Crippen LogP contribution is -2.43. The molecule has 8 nitrogen and oxygen atoms in total. The van der Waals surface area contributed by atoms with Gasteiger partial charge in [-0.25, -0.2) is 8.42 Å². The quantitative estimate of drug-likeness (QED) is 0.699. The number of ether oxygens (including phenoxy) is 2. The van der Waals surface area contributed by atoms with Gasteiger partial charge in [0.15, 0.2) is 0 Å². The number of nitrogens with zero attached hydrogens (tertiary/aromatic N) is 1. The monoisotopic (exact) mass is 427 g/mol. The summed E-state index contributed by atoms with van der Waals surface area (Å²) in [6.45, 7) is 1.70. The number of fused-ring (bicyclic) bond motifs is 1. The molecular weight excluding hydrogens is 410 g/mol. The van der Waals surface area contributed by atoms with Gasteiger partial charge in [0.1, 0.15) is 16.4 Å². The number of rotatable bonds is 5. The van der Waals surface area contributed by atoms with Crippen molar-refractivity contribution < 1.29 is 32.9 Å². The average molecular weight is 428 g/mol. The molecule has 2 aromatic rings. The van der Waals surface area contributed by atoms with E-state index in [-0.39, 0.29) is 38.9 Å². The molecule has 0 aliphatic carbocycles. The number of aliphatic hydroxyl groups is 2. The first-order valence-corrected chi connectivity index (χ1v) is 10.0. The maximum atomic E-state index is 13.3. The van der Waals surface area contributed by atoms with Gasteiger partial charge in [-0.15, -0.1) is 0 Å². The number of amides is 1. The fraction of sp³-hybridized carbons (Fsp3) is 0.278. The lowest BCUT2D eigenvalue weighted by molar-refractivity contribution is -0.182. The number of sulfonamides is 1.